The van der Waals surface area contributed by atoms with Crippen molar-refractivity contribution in [3.05, 3.63) is 65.4 Å². The van der Waals surface area contributed by atoms with Crippen LogP contribution >= 0.6 is 0 Å². The van der Waals surface area contributed by atoms with E-state index >= 15 is 0 Å². The minimum atomic E-state index is 1.28. The highest BCUT2D eigenvalue weighted by Gasteiger charge is 2.19. The van der Waals surface area contributed by atoms with Gasteiger partial charge in [0.15, 0.2) is 5.69 Å². The summed E-state index contributed by atoms with van der Waals surface area (Å²) in [6, 6.07) is 17.6. The summed E-state index contributed by atoms with van der Waals surface area (Å²) in [7, 11) is 2.15. The van der Waals surface area contributed by atoms with Gasteiger partial charge in [-0.1, -0.05) is 35.9 Å². The maximum atomic E-state index is 2.30. The molecule has 0 radical (unpaired) electrons. The Hall–Kier alpha value is -2.15. The first kappa shape index (κ1) is 12.9. The van der Waals surface area contributed by atoms with Crippen LogP contribution in [0.2, 0.25) is 0 Å². The highest BCUT2D eigenvalue weighted by molar-refractivity contribution is 5.94. The van der Waals surface area contributed by atoms with E-state index in [4.69, 9.17) is 0 Å². The van der Waals surface area contributed by atoms with Gasteiger partial charge in [0.25, 0.3) is 0 Å². The van der Waals surface area contributed by atoms with E-state index in [-0.39, 0.29) is 0 Å². The highest BCUT2D eigenvalue weighted by Crippen LogP contribution is 2.29. The minimum Gasteiger partial charge on any atom is -0.198 e. The molecule has 0 fully saturated rings. The van der Waals surface area contributed by atoms with E-state index in [1.54, 1.807) is 0 Å². The molecule has 0 bridgehead atoms. The third-order valence-corrected chi connectivity index (χ3v) is 4.09. The topological polar surface area (TPSA) is 3.88 Å². The van der Waals surface area contributed by atoms with Gasteiger partial charge >= 0.3 is 0 Å². The molecule has 1 heteroatoms. The molecule has 3 rings (SSSR count). The number of hydrogen-bond donors (Lipinski definition) is 0. The number of benzene rings is 2. The van der Waals surface area contributed by atoms with Crippen LogP contribution in [0.25, 0.3) is 22.0 Å². The monoisotopic (exact) mass is 262 g/mol. The molecule has 0 saturated carbocycles. The summed E-state index contributed by atoms with van der Waals surface area (Å²) in [5.74, 6) is 0. The first-order valence-corrected chi connectivity index (χ1v) is 7.04. The Kier molecular flexibility index (Phi) is 3.06. The van der Waals surface area contributed by atoms with E-state index in [0.29, 0.717) is 0 Å². The van der Waals surface area contributed by atoms with Crippen LogP contribution in [0, 0.1) is 20.8 Å². The number of aromatic nitrogens is 1. The predicted octanol–water partition coefficient (Wildman–Crippen LogP) is 4.26. The van der Waals surface area contributed by atoms with Crippen molar-refractivity contribution in [2.24, 2.45) is 7.05 Å². The summed E-state index contributed by atoms with van der Waals surface area (Å²) in [5, 5.41) is 2.64. The van der Waals surface area contributed by atoms with Crippen molar-refractivity contribution in [2.45, 2.75) is 20.8 Å². The molecule has 0 aliphatic rings. The van der Waals surface area contributed by atoms with Crippen molar-refractivity contribution in [1.29, 1.82) is 0 Å². The molecular weight excluding hydrogens is 242 g/mol. The predicted molar refractivity (Wildman–Crippen MR) is 84.8 cm³/mol. The van der Waals surface area contributed by atoms with Crippen molar-refractivity contribution in [3.8, 4) is 11.3 Å². The summed E-state index contributed by atoms with van der Waals surface area (Å²) in [5.41, 5.74) is 6.52. The maximum Gasteiger partial charge on any atom is 0.220 e. The van der Waals surface area contributed by atoms with E-state index in [2.05, 4.69) is 80.9 Å². The SMILES string of the molecule is Cc1ccc2cc(C)[n+](C)c(-c3ccccc3C)c2c1. The Balaban J connectivity index is 2.47. The van der Waals surface area contributed by atoms with E-state index in [1.165, 1.54) is 38.9 Å². The largest absolute Gasteiger partial charge is 0.220 e. The Morgan fingerprint density at radius 3 is 2.35 bits per heavy atom. The zero-order chi connectivity index (χ0) is 14.3. The van der Waals surface area contributed by atoms with Crippen LogP contribution in [0.1, 0.15) is 16.8 Å². The second kappa shape index (κ2) is 4.75. The summed E-state index contributed by atoms with van der Waals surface area (Å²) >= 11 is 0. The average molecular weight is 262 g/mol. The van der Waals surface area contributed by atoms with Gasteiger partial charge in [-0.15, -0.1) is 0 Å². The highest BCUT2D eigenvalue weighted by atomic mass is 14.9. The van der Waals surface area contributed by atoms with Crippen LogP contribution in [-0.4, -0.2) is 0 Å². The number of aryl methyl sites for hydroxylation is 3. The van der Waals surface area contributed by atoms with Crippen molar-refractivity contribution in [2.75, 3.05) is 0 Å². The molecule has 3 aromatic rings. The first-order valence-electron chi connectivity index (χ1n) is 7.04. The fourth-order valence-corrected chi connectivity index (χ4v) is 2.84. The van der Waals surface area contributed by atoms with Gasteiger partial charge in [-0.25, -0.2) is 0 Å². The molecule has 1 nitrogen and oxygen atoms in total. The summed E-state index contributed by atoms with van der Waals surface area (Å²) < 4.78 is 2.30. The van der Waals surface area contributed by atoms with Crippen LogP contribution < -0.4 is 4.57 Å². The second-order valence-electron chi connectivity index (χ2n) is 5.60. The zero-order valence-electron chi connectivity index (χ0n) is 12.6. The van der Waals surface area contributed by atoms with Gasteiger partial charge in [-0.3, -0.25) is 0 Å². The lowest BCUT2D eigenvalue weighted by Gasteiger charge is -2.10. The van der Waals surface area contributed by atoms with Gasteiger partial charge in [-0.2, -0.15) is 4.57 Å². The minimum absolute atomic E-state index is 1.28. The third kappa shape index (κ3) is 2.00. The van der Waals surface area contributed by atoms with Crippen molar-refractivity contribution in [3.63, 3.8) is 0 Å². The quantitative estimate of drug-likeness (QED) is 0.577. The number of rotatable bonds is 1. The molecule has 0 aliphatic carbocycles. The third-order valence-electron chi connectivity index (χ3n) is 4.09. The molecule has 0 aliphatic heterocycles. The Bertz CT molecular complexity index is 800. The van der Waals surface area contributed by atoms with Gasteiger partial charge in [0.05, 0.1) is 5.39 Å². The Morgan fingerprint density at radius 2 is 1.60 bits per heavy atom. The smallest absolute Gasteiger partial charge is 0.198 e. The molecule has 1 aromatic heterocycles. The van der Waals surface area contributed by atoms with Gasteiger partial charge in [0, 0.05) is 18.6 Å². The average Bonchev–Trinajstić information content (AvgIpc) is 2.42. The normalized spacial score (nSPS) is 11.0. The molecular formula is C19H20N+. The summed E-state index contributed by atoms with van der Waals surface area (Å²) in [4.78, 5) is 0. The molecule has 0 N–H and O–H groups in total. The Morgan fingerprint density at radius 1 is 0.850 bits per heavy atom. The molecule has 2 aromatic carbocycles. The van der Waals surface area contributed by atoms with Crippen LogP contribution in [0.5, 0.6) is 0 Å². The van der Waals surface area contributed by atoms with Gasteiger partial charge < -0.3 is 0 Å². The lowest BCUT2D eigenvalue weighted by atomic mass is 9.98. The van der Waals surface area contributed by atoms with Crippen molar-refractivity contribution in [1.82, 2.24) is 0 Å². The molecule has 100 valence electrons. The van der Waals surface area contributed by atoms with E-state index in [1.807, 2.05) is 0 Å². The summed E-state index contributed by atoms with van der Waals surface area (Å²) in [6.45, 7) is 6.50. The molecule has 0 saturated heterocycles. The zero-order valence-corrected chi connectivity index (χ0v) is 12.6. The molecule has 1 heterocycles. The van der Waals surface area contributed by atoms with Crippen LogP contribution in [0.4, 0.5) is 0 Å². The molecule has 0 amide bonds. The lowest BCUT2D eigenvalue weighted by molar-refractivity contribution is -0.665. The van der Waals surface area contributed by atoms with E-state index in [9.17, 15) is 0 Å². The molecule has 20 heavy (non-hydrogen) atoms. The summed E-state index contributed by atoms with van der Waals surface area (Å²) in [6.07, 6.45) is 0. The lowest BCUT2D eigenvalue weighted by Crippen LogP contribution is -2.35. The van der Waals surface area contributed by atoms with E-state index in [0.717, 1.165) is 0 Å². The number of fused-ring (bicyclic) bond motifs is 1. The molecule has 0 atom stereocenters. The fraction of sp³-hybridized carbons (Fsp3) is 0.211. The van der Waals surface area contributed by atoms with Crippen LogP contribution in [-0.2, 0) is 7.05 Å². The first-order chi connectivity index (χ1) is 9.58. The standard InChI is InChI=1S/C19H20N/c1-13-9-10-16-12-15(3)20(4)19(18(16)11-13)17-8-6-5-7-14(17)2/h5-12H,1-4H3/q+1. The molecule has 0 spiro atoms. The molecule has 0 unspecified atom stereocenters. The Labute approximate surface area is 120 Å². The van der Waals surface area contributed by atoms with E-state index < -0.39 is 0 Å². The number of hydrogen-bond acceptors (Lipinski definition) is 0. The fourth-order valence-electron chi connectivity index (χ4n) is 2.84. The van der Waals surface area contributed by atoms with Gasteiger partial charge in [-0.05, 0) is 36.9 Å². The van der Waals surface area contributed by atoms with Crippen LogP contribution in [0.3, 0.4) is 0 Å². The van der Waals surface area contributed by atoms with Crippen LogP contribution in [0.15, 0.2) is 48.5 Å². The maximum absolute atomic E-state index is 2.30. The van der Waals surface area contributed by atoms with Gasteiger partial charge in [0.1, 0.15) is 7.05 Å². The second-order valence-corrected chi connectivity index (χ2v) is 5.60. The van der Waals surface area contributed by atoms with Crippen molar-refractivity contribution < 1.29 is 4.57 Å². The van der Waals surface area contributed by atoms with Gasteiger partial charge in [0.2, 0.25) is 5.69 Å². The van der Waals surface area contributed by atoms with Crippen molar-refractivity contribution >= 4 is 10.8 Å². The number of nitrogens with zero attached hydrogens (tertiary/aromatic N) is 1. The number of pyridine rings is 1.